The first-order valence-corrected chi connectivity index (χ1v) is 9.50. The van der Waals surface area contributed by atoms with Crippen molar-refractivity contribution in [3.8, 4) is 0 Å². The summed E-state index contributed by atoms with van der Waals surface area (Å²) in [5.41, 5.74) is 1.39. The zero-order valence-electron chi connectivity index (χ0n) is 15.0. The van der Waals surface area contributed by atoms with E-state index in [1.807, 2.05) is 0 Å². The summed E-state index contributed by atoms with van der Waals surface area (Å²) in [6, 6.07) is 0. The van der Waals surface area contributed by atoms with Crippen molar-refractivity contribution >= 4 is 0 Å². The first-order chi connectivity index (χ1) is 11.3. The van der Waals surface area contributed by atoms with Crippen molar-refractivity contribution in [3.63, 3.8) is 0 Å². The van der Waals surface area contributed by atoms with Gasteiger partial charge in [-0.2, -0.15) is 0 Å². The lowest BCUT2D eigenvalue weighted by Gasteiger charge is -2.23. The van der Waals surface area contributed by atoms with Crippen LogP contribution in [-0.4, -0.2) is 76.6 Å². The second-order valence-corrected chi connectivity index (χ2v) is 6.92. The Morgan fingerprint density at radius 1 is 0.957 bits per heavy atom. The molecular weight excluding hydrogens is 286 g/mol. The number of hydrogen-bond acceptors (Lipinski definition) is 4. The highest BCUT2D eigenvalue weighted by Gasteiger charge is 2.19. The molecule has 1 fully saturated rings. The van der Waals surface area contributed by atoms with Crippen molar-refractivity contribution in [1.29, 1.82) is 0 Å². The Morgan fingerprint density at radius 3 is 2.35 bits per heavy atom. The smallest absolute Gasteiger partial charge is 0.110 e. The molecule has 5 heteroatoms. The quantitative estimate of drug-likeness (QED) is 0.764. The molecule has 3 rings (SSSR count). The fraction of sp³-hybridized carbons (Fsp3) is 0.833. The number of nitrogens with zero attached hydrogens (tertiary/aromatic N) is 5. The van der Waals surface area contributed by atoms with Gasteiger partial charge in [-0.25, -0.2) is 4.98 Å². The van der Waals surface area contributed by atoms with Gasteiger partial charge in [0.15, 0.2) is 0 Å². The van der Waals surface area contributed by atoms with Gasteiger partial charge in [0, 0.05) is 51.9 Å². The monoisotopic (exact) mass is 319 g/mol. The Bertz CT molecular complexity index is 474. The molecule has 0 atom stereocenters. The minimum absolute atomic E-state index is 1.04. The highest BCUT2D eigenvalue weighted by molar-refractivity contribution is 5.07. The number of aromatic nitrogens is 2. The average molecular weight is 319 g/mol. The summed E-state index contributed by atoms with van der Waals surface area (Å²) in [5.74, 6) is 1.29. The fourth-order valence-electron chi connectivity index (χ4n) is 3.85. The summed E-state index contributed by atoms with van der Waals surface area (Å²) in [6.07, 6.45) is 5.99. The summed E-state index contributed by atoms with van der Waals surface area (Å²) >= 11 is 0. The third-order valence-corrected chi connectivity index (χ3v) is 5.52. The molecular formula is C18H33N5. The van der Waals surface area contributed by atoms with E-state index in [4.69, 9.17) is 4.98 Å². The Labute approximate surface area is 141 Å². The van der Waals surface area contributed by atoms with E-state index in [0.717, 1.165) is 39.1 Å². The molecule has 0 saturated carbocycles. The predicted molar refractivity (Wildman–Crippen MR) is 94.7 cm³/mol. The van der Waals surface area contributed by atoms with Crippen molar-refractivity contribution in [2.45, 2.75) is 46.2 Å². The van der Waals surface area contributed by atoms with E-state index in [1.54, 1.807) is 0 Å². The molecule has 0 radical (unpaired) electrons. The van der Waals surface area contributed by atoms with E-state index in [9.17, 15) is 0 Å². The van der Waals surface area contributed by atoms with Gasteiger partial charge in [0.2, 0.25) is 0 Å². The van der Waals surface area contributed by atoms with Crippen LogP contribution in [-0.2, 0) is 19.5 Å². The second-order valence-electron chi connectivity index (χ2n) is 6.92. The molecule has 0 bridgehead atoms. The van der Waals surface area contributed by atoms with Crippen molar-refractivity contribution in [2.24, 2.45) is 0 Å². The lowest BCUT2D eigenvalue weighted by Crippen LogP contribution is -2.35. The van der Waals surface area contributed by atoms with Crippen LogP contribution in [0.4, 0.5) is 0 Å². The fourth-order valence-corrected chi connectivity index (χ4v) is 3.85. The van der Waals surface area contributed by atoms with E-state index >= 15 is 0 Å². The molecule has 0 unspecified atom stereocenters. The van der Waals surface area contributed by atoms with Gasteiger partial charge in [0.25, 0.3) is 0 Å². The molecule has 23 heavy (non-hydrogen) atoms. The van der Waals surface area contributed by atoms with Crippen LogP contribution in [0.3, 0.4) is 0 Å². The lowest BCUT2D eigenvalue weighted by molar-refractivity contribution is 0.227. The minimum Gasteiger partial charge on any atom is -0.329 e. The van der Waals surface area contributed by atoms with Gasteiger partial charge in [-0.1, -0.05) is 13.8 Å². The van der Waals surface area contributed by atoms with Crippen molar-refractivity contribution in [3.05, 3.63) is 17.7 Å². The number of imidazole rings is 1. The highest BCUT2D eigenvalue weighted by atomic mass is 15.2. The normalized spacial score (nSPS) is 20.1. The molecule has 1 aromatic heterocycles. The van der Waals surface area contributed by atoms with E-state index < -0.39 is 0 Å². The zero-order chi connectivity index (χ0) is 16.1. The number of rotatable bonds is 7. The Kier molecular flexibility index (Phi) is 6.08. The minimum atomic E-state index is 1.04. The van der Waals surface area contributed by atoms with Crippen LogP contribution in [0.5, 0.6) is 0 Å². The summed E-state index contributed by atoms with van der Waals surface area (Å²) in [5, 5.41) is 0. The SMILES string of the molecule is CCN(CC)Cc1cnc2n1CCN(CCN1CCCC1)CC2. The molecule has 5 nitrogen and oxygen atoms in total. The maximum atomic E-state index is 4.71. The van der Waals surface area contributed by atoms with Crippen LogP contribution in [0, 0.1) is 0 Å². The highest BCUT2D eigenvalue weighted by Crippen LogP contribution is 2.14. The molecule has 0 aromatic carbocycles. The lowest BCUT2D eigenvalue weighted by atomic mass is 10.3. The van der Waals surface area contributed by atoms with Gasteiger partial charge in [0.05, 0.1) is 5.69 Å². The Morgan fingerprint density at radius 2 is 1.65 bits per heavy atom. The van der Waals surface area contributed by atoms with Gasteiger partial charge in [-0.3, -0.25) is 9.80 Å². The third-order valence-electron chi connectivity index (χ3n) is 5.52. The van der Waals surface area contributed by atoms with Crippen LogP contribution >= 0.6 is 0 Å². The first kappa shape index (κ1) is 16.9. The summed E-state index contributed by atoms with van der Waals surface area (Å²) in [6.45, 7) is 16.2. The summed E-state index contributed by atoms with van der Waals surface area (Å²) < 4.78 is 2.48. The number of likely N-dealkylation sites (tertiary alicyclic amines) is 1. The molecule has 2 aliphatic rings. The van der Waals surface area contributed by atoms with E-state index in [2.05, 4.69) is 39.3 Å². The average Bonchev–Trinajstić information content (AvgIpc) is 3.17. The summed E-state index contributed by atoms with van der Waals surface area (Å²) in [4.78, 5) is 12.4. The molecule has 2 aliphatic heterocycles. The van der Waals surface area contributed by atoms with E-state index in [-0.39, 0.29) is 0 Å². The predicted octanol–water partition coefficient (Wildman–Crippen LogP) is 1.68. The number of fused-ring (bicyclic) bond motifs is 1. The van der Waals surface area contributed by atoms with Crippen LogP contribution in [0.2, 0.25) is 0 Å². The Balaban J connectivity index is 1.54. The molecule has 130 valence electrons. The zero-order valence-corrected chi connectivity index (χ0v) is 15.0. The van der Waals surface area contributed by atoms with Gasteiger partial charge < -0.3 is 9.47 Å². The van der Waals surface area contributed by atoms with Crippen LogP contribution in [0.15, 0.2) is 6.20 Å². The largest absolute Gasteiger partial charge is 0.329 e. The Hall–Kier alpha value is -0.910. The van der Waals surface area contributed by atoms with Crippen LogP contribution in [0.1, 0.15) is 38.2 Å². The molecule has 0 amide bonds. The molecule has 0 aliphatic carbocycles. The van der Waals surface area contributed by atoms with Gasteiger partial charge >= 0.3 is 0 Å². The van der Waals surface area contributed by atoms with E-state index in [1.165, 1.54) is 57.1 Å². The van der Waals surface area contributed by atoms with Gasteiger partial charge in [-0.15, -0.1) is 0 Å². The standard InChI is InChI=1S/C18H33N5/c1-3-20(4-2)16-17-15-19-18-7-10-22(13-14-23(17)18)12-11-21-8-5-6-9-21/h15H,3-14,16H2,1-2H3. The first-order valence-electron chi connectivity index (χ1n) is 9.50. The second kappa shape index (κ2) is 8.27. The third kappa shape index (κ3) is 4.34. The maximum absolute atomic E-state index is 4.71. The van der Waals surface area contributed by atoms with Crippen LogP contribution < -0.4 is 0 Å². The number of hydrogen-bond donors (Lipinski definition) is 0. The van der Waals surface area contributed by atoms with Crippen molar-refractivity contribution in [2.75, 3.05) is 52.4 Å². The van der Waals surface area contributed by atoms with E-state index in [0.29, 0.717) is 0 Å². The molecule has 1 aromatic rings. The molecule has 0 spiro atoms. The van der Waals surface area contributed by atoms with Crippen molar-refractivity contribution in [1.82, 2.24) is 24.3 Å². The van der Waals surface area contributed by atoms with Crippen molar-refractivity contribution < 1.29 is 0 Å². The van der Waals surface area contributed by atoms with Crippen LogP contribution in [0.25, 0.3) is 0 Å². The topological polar surface area (TPSA) is 27.5 Å². The maximum Gasteiger partial charge on any atom is 0.110 e. The summed E-state index contributed by atoms with van der Waals surface area (Å²) in [7, 11) is 0. The molecule has 1 saturated heterocycles. The molecule has 3 heterocycles. The van der Waals surface area contributed by atoms with Gasteiger partial charge in [-0.05, 0) is 39.0 Å². The molecule has 0 N–H and O–H groups in total. The van der Waals surface area contributed by atoms with Gasteiger partial charge in [0.1, 0.15) is 5.82 Å².